The van der Waals surface area contributed by atoms with Gasteiger partial charge in [-0.2, -0.15) is 0 Å². The molecule has 29 heavy (non-hydrogen) atoms. The van der Waals surface area contributed by atoms with Crippen molar-refractivity contribution < 1.29 is 23.9 Å². The average Bonchev–Trinajstić information content (AvgIpc) is 2.70. The first-order valence-corrected chi connectivity index (χ1v) is 9.62. The summed E-state index contributed by atoms with van der Waals surface area (Å²) in [4.78, 5) is 35.5. The van der Waals surface area contributed by atoms with Crippen LogP contribution in [0.2, 0.25) is 10.0 Å². The van der Waals surface area contributed by atoms with Crippen molar-refractivity contribution in [1.82, 2.24) is 10.6 Å². The van der Waals surface area contributed by atoms with Crippen LogP contribution in [0.1, 0.15) is 34.1 Å². The van der Waals surface area contributed by atoms with Crippen molar-refractivity contribution in [2.45, 2.75) is 13.3 Å². The van der Waals surface area contributed by atoms with Gasteiger partial charge in [0.2, 0.25) is 0 Å². The maximum atomic E-state index is 12.1. The molecule has 0 saturated carbocycles. The Kier molecular flexibility index (Phi) is 8.76. The van der Waals surface area contributed by atoms with Crippen molar-refractivity contribution in [2.24, 2.45) is 0 Å². The minimum atomic E-state index is -0.800. The molecule has 0 bridgehead atoms. The van der Waals surface area contributed by atoms with Crippen LogP contribution in [-0.4, -0.2) is 37.7 Å². The second kappa shape index (κ2) is 11.3. The maximum Gasteiger partial charge on any atom is 0.513 e. The Morgan fingerprint density at radius 2 is 1.59 bits per heavy atom. The number of carbonyl (C=O) groups excluding carboxylic acids is 3. The summed E-state index contributed by atoms with van der Waals surface area (Å²) in [5.74, 6) is -0.333. The molecule has 154 valence electrons. The van der Waals surface area contributed by atoms with Crippen LogP contribution in [-0.2, 0) is 4.74 Å². The minimum absolute atomic E-state index is 0.214. The SMILES string of the molecule is CCOC(=O)Oc1ccc(C(=O)NCCCNC(=O)c2cc(Cl)ccc2Cl)cc1. The number of carbonyl (C=O) groups is 3. The van der Waals surface area contributed by atoms with E-state index in [0.29, 0.717) is 40.7 Å². The van der Waals surface area contributed by atoms with E-state index < -0.39 is 6.16 Å². The molecular formula is C20H20Cl2N2O5. The highest BCUT2D eigenvalue weighted by molar-refractivity contribution is 6.35. The lowest BCUT2D eigenvalue weighted by Gasteiger charge is -2.09. The molecule has 0 aliphatic rings. The van der Waals surface area contributed by atoms with Gasteiger partial charge in [0.15, 0.2) is 0 Å². The lowest BCUT2D eigenvalue weighted by molar-refractivity contribution is 0.0951. The molecule has 0 atom stereocenters. The molecule has 7 nitrogen and oxygen atoms in total. The predicted octanol–water partition coefficient (Wildman–Crippen LogP) is 4.08. The molecule has 2 aromatic carbocycles. The Morgan fingerprint density at radius 1 is 0.931 bits per heavy atom. The van der Waals surface area contributed by atoms with Crippen LogP contribution >= 0.6 is 23.2 Å². The molecular weight excluding hydrogens is 419 g/mol. The van der Waals surface area contributed by atoms with E-state index >= 15 is 0 Å². The van der Waals surface area contributed by atoms with E-state index in [2.05, 4.69) is 15.4 Å². The number of ether oxygens (including phenoxy) is 2. The number of hydrogen-bond acceptors (Lipinski definition) is 5. The van der Waals surface area contributed by atoms with Crippen molar-refractivity contribution in [3.63, 3.8) is 0 Å². The minimum Gasteiger partial charge on any atom is -0.434 e. The Labute approximate surface area is 178 Å². The molecule has 2 amide bonds. The van der Waals surface area contributed by atoms with E-state index in [9.17, 15) is 14.4 Å². The number of benzene rings is 2. The third kappa shape index (κ3) is 7.29. The molecule has 0 saturated heterocycles. The Hall–Kier alpha value is -2.77. The molecule has 0 aliphatic heterocycles. The van der Waals surface area contributed by atoms with Gasteiger partial charge >= 0.3 is 6.16 Å². The molecule has 2 N–H and O–H groups in total. The molecule has 2 rings (SSSR count). The Morgan fingerprint density at radius 3 is 2.24 bits per heavy atom. The summed E-state index contributed by atoms with van der Waals surface area (Å²) in [5.41, 5.74) is 0.712. The van der Waals surface area contributed by atoms with Gasteiger partial charge in [0.05, 0.1) is 17.2 Å². The van der Waals surface area contributed by atoms with E-state index in [1.165, 1.54) is 30.3 Å². The topological polar surface area (TPSA) is 93.7 Å². The van der Waals surface area contributed by atoms with Gasteiger partial charge in [-0.05, 0) is 55.8 Å². The van der Waals surface area contributed by atoms with Gasteiger partial charge in [0.25, 0.3) is 11.8 Å². The van der Waals surface area contributed by atoms with Gasteiger partial charge in [-0.25, -0.2) is 4.79 Å². The molecule has 0 radical (unpaired) electrons. The lowest BCUT2D eigenvalue weighted by atomic mass is 10.2. The summed E-state index contributed by atoms with van der Waals surface area (Å²) >= 11 is 11.9. The first-order valence-electron chi connectivity index (χ1n) is 8.86. The van der Waals surface area contributed by atoms with Crippen molar-refractivity contribution >= 4 is 41.2 Å². The quantitative estimate of drug-likeness (QED) is 0.367. The Bertz CT molecular complexity index is 872. The zero-order valence-corrected chi connectivity index (χ0v) is 17.2. The first-order chi connectivity index (χ1) is 13.9. The molecule has 0 spiro atoms. The molecule has 9 heteroatoms. The smallest absolute Gasteiger partial charge is 0.434 e. The van der Waals surface area contributed by atoms with Gasteiger partial charge in [-0.3, -0.25) is 9.59 Å². The van der Waals surface area contributed by atoms with Crippen LogP contribution in [0.15, 0.2) is 42.5 Å². The highest BCUT2D eigenvalue weighted by Crippen LogP contribution is 2.20. The van der Waals surface area contributed by atoms with Crippen LogP contribution < -0.4 is 15.4 Å². The summed E-state index contributed by atoms with van der Waals surface area (Å²) in [6, 6.07) is 10.7. The fraction of sp³-hybridized carbons (Fsp3) is 0.250. The van der Waals surface area contributed by atoms with E-state index in [-0.39, 0.29) is 24.2 Å². The van der Waals surface area contributed by atoms with Crippen molar-refractivity contribution in [3.8, 4) is 5.75 Å². The van der Waals surface area contributed by atoms with E-state index in [0.717, 1.165) is 0 Å². The van der Waals surface area contributed by atoms with Crippen LogP contribution in [0.3, 0.4) is 0 Å². The summed E-state index contributed by atoms with van der Waals surface area (Å²) in [5, 5.41) is 6.20. The first kappa shape index (κ1) is 22.5. The lowest BCUT2D eigenvalue weighted by Crippen LogP contribution is -2.30. The monoisotopic (exact) mass is 438 g/mol. The maximum absolute atomic E-state index is 12.1. The van der Waals surface area contributed by atoms with Crippen molar-refractivity contribution in [1.29, 1.82) is 0 Å². The van der Waals surface area contributed by atoms with Gasteiger partial charge < -0.3 is 20.1 Å². The van der Waals surface area contributed by atoms with Gasteiger partial charge in [0, 0.05) is 23.7 Å². The van der Waals surface area contributed by atoms with Crippen LogP contribution in [0.5, 0.6) is 5.75 Å². The zero-order valence-electron chi connectivity index (χ0n) is 15.7. The van der Waals surface area contributed by atoms with E-state index in [1.807, 2.05) is 0 Å². The second-order valence-corrected chi connectivity index (χ2v) is 6.64. The number of hydrogen-bond donors (Lipinski definition) is 2. The molecule has 0 heterocycles. The normalized spacial score (nSPS) is 10.2. The highest BCUT2D eigenvalue weighted by Gasteiger charge is 2.11. The summed E-state index contributed by atoms with van der Waals surface area (Å²) < 4.78 is 9.60. The predicted molar refractivity (Wildman–Crippen MR) is 110 cm³/mol. The second-order valence-electron chi connectivity index (χ2n) is 5.80. The van der Waals surface area contributed by atoms with Crippen LogP contribution in [0.4, 0.5) is 4.79 Å². The summed E-state index contributed by atoms with van der Waals surface area (Å²) in [6.45, 7) is 2.61. The molecule has 0 aromatic heterocycles. The average molecular weight is 439 g/mol. The summed E-state index contributed by atoms with van der Waals surface area (Å²) in [7, 11) is 0. The molecule has 0 aliphatic carbocycles. The fourth-order valence-corrected chi connectivity index (χ4v) is 2.65. The highest BCUT2D eigenvalue weighted by atomic mass is 35.5. The van der Waals surface area contributed by atoms with Crippen molar-refractivity contribution in [3.05, 3.63) is 63.6 Å². The third-order valence-corrected chi connectivity index (χ3v) is 4.24. The number of halogens is 2. The number of rotatable bonds is 8. The van der Waals surface area contributed by atoms with E-state index in [4.69, 9.17) is 27.9 Å². The fourth-order valence-electron chi connectivity index (χ4n) is 2.28. The molecule has 0 fully saturated rings. The molecule has 0 unspecified atom stereocenters. The number of amides is 2. The van der Waals surface area contributed by atoms with Gasteiger partial charge in [0.1, 0.15) is 5.75 Å². The third-order valence-electron chi connectivity index (χ3n) is 3.68. The zero-order chi connectivity index (χ0) is 21.2. The Balaban J connectivity index is 1.72. The van der Waals surface area contributed by atoms with Gasteiger partial charge in [-0.1, -0.05) is 23.2 Å². The van der Waals surface area contributed by atoms with Crippen LogP contribution in [0.25, 0.3) is 0 Å². The number of nitrogens with one attached hydrogen (secondary N) is 2. The largest absolute Gasteiger partial charge is 0.513 e. The van der Waals surface area contributed by atoms with Gasteiger partial charge in [-0.15, -0.1) is 0 Å². The van der Waals surface area contributed by atoms with Crippen molar-refractivity contribution in [2.75, 3.05) is 19.7 Å². The van der Waals surface area contributed by atoms with E-state index in [1.54, 1.807) is 19.1 Å². The standard InChI is InChI=1S/C20H20Cl2N2O5/c1-2-28-20(27)29-15-7-4-13(5-8-15)18(25)23-10-3-11-24-19(26)16-12-14(21)6-9-17(16)22/h4-9,12H,2-3,10-11H2,1H3,(H,23,25)(H,24,26). The summed E-state index contributed by atoms with van der Waals surface area (Å²) in [6.07, 6.45) is -0.273. The van der Waals surface area contributed by atoms with Crippen LogP contribution in [0, 0.1) is 0 Å². The molecule has 2 aromatic rings.